The van der Waals surface area contributed by atoms with E-state index in [0.717, 1.165) is 31.5 Å². The number of carbonyl (C=O) groups is 1. The van der Waals surface area contributed by atoms with Crippen LogP contribution in [-0.2, 0) is 4.79 Å². The summed E-state index contributed by atoms with van der Waals surface area (Å²) >= 11 is 0. The third kappa shape index (κ3) is 3.19. The normalized spacial score (nSPS) is 33.0. The van der Waals surface area contributed by atoms with Gasteiger partial charge in [-0.25, -0.2) is 0 Å². The summed E-state index contributed by atoms with van der Waals surface area (Å²) in [7, 11) is 0. The Bertz CT molecular complexity index is 334. The lowest BCUT2D eigenvalue weighted by molar-refractivity contribution is -0.135. The molecule has 0 radical (unpaired) electrons. The van der Waals surface area contributed by atoms with Gasteiger partial charge in [0.05, 0.1) is 6.54 Å². The summed E-state index contributed by atoms with van der Waals surface area (Å²) in [6.45, 7) is 6.12. The maximum atomic E-state index is 12.5. The van der Waals surface area contributed by atoms with Crippen molar-refractivity contribution in [1.29, 1.82) is 0 Å². The lowest BCUT2D eigenvalue weighted by Crippen LogP contribution is -2.51. The van der Waals surface area contributed by atoms with Crippen molar-refractivity contribution in [3.05, 3.63) is 0 Å². The second-order valence-electron chi connectivity index (χ2n) is 7.29. The number of amides is 1. The summed E-state index contributed by atoms with van der Waals surface area (Å²) in [6.07, 6.45) is 10.6. The second-order valence-corrected chi connectivity index (χ2v) is 7.29. The average Bonchev–Trinajstić information content (AvgIpc) is 2.48. The highest BCUT2D eigenvalue weighted by Gasteiger charge is 2.34. The number of rotatable bonds is 2. The molecule has 2 atom stereocenters. The van der Waals surface area contributed by atoms with Crippen LogP contribution in [0.5, 0.6) is 0 Å². The first-order valence-corrected chi connectivity index (χ1v) is 8.76. The fourth-order valence-electron chi connectivity index (χ4n) is 4.46. The summed E-state index contributed by atoms with van der Waals surface area (Å²) in [5, 5.41) is 0. The summed E-state index contributed by atoms with van der Waals surface area (Å²) in [5.41, 5.74) is 0. The molecule has 3 nitrogen and oxygen atoms in total. The molecule has 3 aliphatic rings. The lowest BCUT2D eigenvalue weighted by atomic mass is 9.78. The Morgan fingerprint density at radius 1 is 0.950 bits per heavy atom. The molecule has 2 saturated heterocycles. The molecule has 0 aromatic heterocycles. The van der Waals surface area contributed by atoms with Gasteiger partial charge in [0.2, 0.25) is 5.91 Å². The fourth-order valence-corrected chi connectivity index (χ4v) is 4.46. The third-order valence-electron chi connectivity index (χ3n) is 5.83. The Hall–Kier alpha value is -0.570. The number of carbonyl (C=O) groups excluding carboxylic acids is 1. The molecule has 0 bridgehead atoms. The van der Waals surface area contributed by atoms with Gasteiger partial charge in [-0.15, -0.1) is 0 Å². The minimum atomic E-state index is 0.392. The van der Waals surface area contributed by atoms with Crippen LogP contribution in [0.1, 0.15) is 58.3 Å². The van der Waals surface area contributed by atoms with Gasteiger partial charge in [-0.3, -0.25) is 9.69 Å². The molecule has 0 aromatic carbocycles. The number of hydrogen-bond acceptors (Lipinski definition) is 2. The standard InChI is InChI=1S/C17H30N2O/c1-14-8-11-18(12-9-14)17(20)13-19-10-4-6-15-5-2-3-7-16(15)19/h14-16H,2-13H2,1H3. The predicted molar refractivity (Wildman–Crippen MR) is 81.5 cm³/mol. The maximum absolute atomic E-state index is 12.5. The van der Waals surface area contributed by atoms with Crippen LogP contribution >= 0.6 is 0 Å². The molecule has 2 unspecified atom stereocenters. The van der Waals surface area contributed by atoms with Crippen LogP contribution in [-0.4, -0.2) is 47.9 Å². The Morgan fingerprint density at radius 3 is 2.45 bits per heavy atom. The van der Waals surface area contributed by atoms with Gasteiger partial charge in [0.25, 0.3) is 0 Å². The van der Waals surface area contributed by atoms with Crippen molar-refractivity contribution < 1.29 is 4.79 Å². The second kappa shape index (κ2) is 6.46. The largest absolute Gasteiger partial charge is 0.342 e. The van der Waals surface area contributed by atoms with Crippen molar-refractivity contribution in [3.8, 4) is 0 Å². The number of piperidine rings is 2. The molecule has 2 heterocycles. The molecular formula is C17H30N2O. The Morgan fingerprint density at radius 2 is 1.65 bits per heavy atom. The lowest BCUT2D eigenvalue weighted by Gasteiger charge is -2.44. The topological polar surface area (TPSA) is 23.6 Å². The number of fused-ring (bicyclic) bond motifs is 1. The molecule has 2 aliphatic heterocycles. The zero-order valence-electron chi connectivity index (χ0n) is 13.0. The fraction of sp³-hybridized carbons (Fsp3) is 0.941. The van der Waals surface area contributed by atoms with Crippen molar-refractivity contribution in [3.63, 3.8) is 0 Å². The van der Waals surface area contributed by atoms with E-state index in [1.54, 1.807) is 0 Å². The molecule has 0 spiro atoms. The highest BCUT2D eigenvalue weighted by Crippen LogP contribution is 2.35. The quantitative estimate of drug-likeness (QED) is 0.775. The first-order valence-electron chi connectivity index (χ1n) is 8.76. The summed E-state index contributed by atoms with van der Waals surface area (Å²) < 4.78 is 0. The van der Waals surface area contributed by atoms with E-state index in [2.05, 4.69) is 16.7 Å². The van der Waals surface area contributed by atoms with Crippen molar-refractivity contribution in [2.75, 3.05) is 26.2 Å². The van der Waals surface area contributed by atoms with Crippen LogP contribution in [0.15, 0.2) is 0 Å². The van der Waals surface area contributed by atoms with Gasteiger partial charge in [-0.1, -0.05) is 19.8 Å². The molecule has 3 fully saturated rings. The van der Waals surface area contributed by atoms with Crippen LogP contribution in [0, 0.1) is 11.8 Å². The van der Waals surface area contributed by atoms with E-state index in [1.807, 2.05) is 0 Å². The van der Waals surface area contributed by atoms with E-state index in [-0.39, 0.29) is 0 Å². The van der Waals surface area contributed by atoms with Gasteiger partial charge in [-0.05, 0) is 56.9 Å². The summed E-state index contributed by atoms with van der Waals surface area (Å²) in [5.74, 6) is 2.08. The number of likely N-dealkylation sites (tertiary alicyclic amines) is 2. The van der Waals surface area contributed by atoms with E-state index in [4.69, 9.17) is 0 Å². The van der Waals surface area contributed by atoms with Crippen LogP contribution in [0.4, 0.5) is 0 Å². The highest BCUT2D eigenvalue weighted by atomic mass is 16.2. The SMILES string of the molecule is CC1CCN(C(=O)CN2CCCC3CCCCC32)CC1. The molecule has 114 valence electrons. The Balaban J connectivity index is 1.54. The zero-order chi connectivity index (χ0) is 13.9. The van der Waals surface area contributed by atoms with Crippen LogP contribution < -0.4 is 0 Å². The highest BCUT2D eigenvalue weighted by molar-refractivity contribution is 5.78. The smallest absolute Gasteiger partial charge is 0.236 e. The van der Waals surface area contributed by atoms with E-state index >= 15 is 0 Å². The molecule has 20 heavy (non-hydrogen) atoms. The molecule has 3 heteroatoms. The summed E-state index contributed by atoms with van der Waals surface area (Å²) in [6, 6.07) is 0.713. The summed E-state index contributed by atoms with van der Waals surface area (Å²) in [4.78, 5) is 17.2. The van der Waals surface area contributed by atoms with Crippen LogP contribution in [0.25, 0.3) is 0 Å². The minimum absolute atomic E-state index is 0.392. The van der Waals surface area contributed by atoms with Crippen molar-refractivity contribution in [2.45, 2.75) is 64.3 Å². The van der Waals surface area contributed by atoms with E-state index < -0.39 is 0 Å². The van der Waals surface area contributed by atoms with Crippen molar-refractivity contribution in [2.24, 2.45) is 11.8 Å². The average molecular weight is 278 g/mol. The number of hydrogen-bond donors (Lipinski definition) is 0. The molecule has 1 saturated carbocycles. The van der Waals surface area contributed by atoms with Gasteiger partial charge in [-0.2, -0.15) is 0 Å². The van der Waals surface area contributed by atoms with Gasteiger partial charge < -0.3 is 4.90 Å². The third-order valence-corrected chi connectivity index (χ3v) is 5.83. The first kappa shape index (κ1) is 14.4. The van der Waals surface area contributed by atoms with Crippen molar-refractivity contribution in [1.82, 2.24) is 9.80 Å². The molecule has 0 N–H and O–H groups in total. The molecule has 3 rings (SSSR count). The maximum Gasteiger partial charge on any atom is 0.236 e. The van der Waals surface area contributed by atoms with Gasteiger partial charge in [0.1, 0.15) is 0 Å². The Labute approximate surface area is 123 Å². The zero-order valence-corrected chi connectivity index (χ0v) is 13.0. The van der Waals surface area contributed by atoms with Gasteiger partial charge in [0, 0.05) is 19.1 Å². The predicted octanol–water partition coefficient (Wildman–Crippen LogP) is 2.90. The molecule has 1 amide bonds. The molecular weight excluding hydrogens is 248 g/mol. The monoisotopic (exact) mass is 278 g/mol. The van der Waals surface area contributed by atoms with Gasteiger partial charge >= 0.3 is 0 Å². The molecule has 0 aromatic rings. The number of nitrogens with zero attached hydrogens (tertiary/aromatic N) is 2. The van der Waals surface area contributed by atoms with E-state index in [9.17, 15) is 4.79 Å². The first-order chi connectivity index (χ1) is 9.74. The minimum Gasteiger partial charge on any atom is -0.342 e. The van der Waals surface area contributed by atoms with E-state index in [1.165, 1.54) is 51.4 Å². The van der Waals surface area contributed by atoms with Gasteiger partial charge in [0.15, 0.2) is 0 Å². The Kier molecular flexibility index (Phi) is 4.65. The van der Waals surface area contributed by atoms with E-state index in [0.29, 0.717) is 18.5 Å². The molecule has 1 aliphatic carbocycles. The van der Waals surface area contributed by atoms with Crippen LogP contribution in [0.3, 0.4) is 0 Å². The van der Waals surface area contributed by atoms with Crippen molar-refractivity contribution >= 4 is 5.91 Å². The van der Waals surface area contributed by atoms with Crippen LogP contribution in [0.2, 0.25) is 0 Å².